The number of hydrogen-bond donors (Lipinski definition) is 1. The highest BCUT2D eigenvalue weighted by molar-refractivity contribution is 6.02. The highest BCUT2D eigenvalue weighted by Gasteiger charge is 2.28. The summed E-state index contributed by atoms with van der Waals surface area (Å²) in [6, 6.07) is 20.9. The molecule has 0 spiro atoms. The van der Waals surface area contributed by atoms with E-state index in [1.807, 2.05) is 25.1 Å². The van der Waals surface area contributed by atoms with Crippen LogP contribution in [0.3, 0.4) is 0 Å². The summed E-state index contributed by atoms with van der Waals surface area (Å²) < 4.78 is 12.2. The molecule has 3 aromatic carbocycles. The van der Waals surface area contributed by atoms with Crippen molar-refractivity contribution in [3.63, 3.8) is 0 Å². The molecule has 5 rings (SSSR count). The first-order valence-corrected chi connectivity index (χ1v) is 13.7. The zero-order valence-electron chi connectivity index (χ0n) is 22.8. The average Bonchev–Trinajstić information content (AvgIpc) is 3.37. The zero-order valence-corrected chi connectivity index (χ0v) is 22.8. The number of aryl methyl sites for hydroxylation is 3. The molecule has 1 aromatic heterocycles. The largest absolute Gasteiger partial charge is 0.488 e. The molecule has 5 heteroatoms. The van der Waals surface area contributed by atoms with Crippen LogP contribution in [0.4, 0.5) is 0 Å². The maximum absolute atomic E-state index is 13.1. The topological polar surface area (TPSA) is 64.4 Å². The average molecular weight is 509 g/mol. The first-order chi connectivity index (χ1) is 18.5. The van der Waals surface area contributed by atoms with Crippen molar-refractivity contribution >= 4 is 5.91 Å². The van der Waals surface area contributed by atoms with Crippen molar-refractivity contribution in [1.29, 1.82) is 0 Å². The normalized spacial score (nSPS) is 12.9. The van der Waals surface area contributed by atoms with Crippen LogP contribution < -0.4 is 10.1 Å². The number of aromatic nitrogens is 1. The van der Waals surface area contributed by atoms with Crippen LogP contribution in [-0.4, -0.2) is 17.6 Å². The van der Waals surface area contributed by atoms with Gasteiger partial charge in [-0.25, -0.2) is 0 Å². The van der Waals surface area contributed by atoms with Gasteiger partial charge >= 0.3 is 0 Å². The third kappa shape index (κ3) is 5.24. The molecule has 38 heavy (non-hydrogen) atoms. The molecule has 0 fully saturated rings. The molecule has 0 aliphatic heterocycles. The number of fused-ring (bicyclic) bond motifs is 1. The van der Waals surface area contributed by atoms with E-state index in [1.54, 1.807) is 0 Å². The third-order valence-electron chi connectivity index (χ3n) is 7.36. The number of benzene rings is 3. The lowest BCUT2D eigenvalue weighted by Crippen LogP contribution is -2.22. The van der Waals surface area contributed by atoms with Crippen LogP contribution in [-0.2, 0) is 19.4 Å². The summed E-state index contributed by atoms with van der Waals surface area (Å²) in [4.78, 5) is 13.1. The third-order valence-corrected chi connectivity index (χ3v) is 7.36. The van der Waals surface area contributed by atoms with Gasteiger partial charge in [0.1, 0.15) is 18.1 Å². The van der Waals surface area contributed by atoms with E-state index in [1.165, 1.54) is 29.5 Å². The van der Waals surface area contributed by atoms with Gasteiger partial charge in [0.15, 0.2) is 0 Å². The van der Waals surface area contributed by atoms with Gasteiger partial charge in [-0.15, -0.1) is 0 Å². The van der Waals surface area contributed by atoms with E-state index in [4.69, 9.17) is 9.26 Å². The maximum Gasteiger partial charge on any atom is 0.290 e. The summed E-state index contributed by atoms with van der Waals surface area (Å²) >= 11 is 0. The second-order valence-electron chi connectivity index (χ2n) is 10.4. The Hall–Kier alpha value is -3.86. The Labute approximate surface area is 225 Å². The molecule has 0 saturated carbocycles. The molecular weight excluding hydrogens is 472 g/mol. The van der Waals surface area contributed by atoms with Crippen molar-refractivity contribution in [3.05, 3.63) is 94.2 Å². The number of hydrogen-bond acceptors (Lipinski definition) is 4. The minimum Gasteiger partial charge on any atom is -0.488 e. The minimum absolute atomic E-state index is 0.235. The molecule has 1 amide bonds. The highest BCUT2D eigenvalue weighted by Crippen LogP contribution is 2.42. The minimum atomic E-state index is -0.262. The predicted molar refractivity (Wildman–Crippen MR) is 152 cm³/mol. The first kappa shape index (κ1) is 25.8. The first-order valence-electron chi connectivity index (χ1n) is 13.7. The van der Waals surface area contributed by atoms with Gasteiger partial charge in [0.05, 0.1) is 5.56 Å². The lowest BCUT2D eigenvalue weighted by Gasteiger charge is -2.18. The molecule has 0 bridgehead atoms. The monoisotopic (exact) mass is 508 g/mol. The van der Waals surface area contributed by atoms with Crippen molar-refractivity contribution in [2.24, 2.45) is 0 Å². The fourth-order valence-electron chi connectivity index (χ4n) is 5.39. The van der Waals surface area contributed by atoms with Crippen LogP contribution in [0.5, 0.6) is 5.75 Å². The van der Waals surface area contributed by atoms with Crippen molar-refractivity contribution in [3.8, 4) is 28.1 Å². The van der Waals surface area contributed by atoms with Crippen LogP contribution >= 0.6 is 0 Å². The molecule has 1 aliphatic carbocycles. The van der Waals surface area contributed by atoms with E-state index < -0.39 is 0 Å². The van der Waals surface area contributed by atoms with E-state index >= 15 is 0 Å². The lowest BCUT2D eigenvalue weighted by atomic mass is 9.87. The standard InChI is InChI=1S/C33H36N2O3/c1-5-34-33(36)32-30(26-16-15-24-13-9-10-14-25(24)18-26)31(35-38-32)28-19-27(21(2)3)22(4)17-29(28)37-20-23-11-7-6-8-12-23/h6-8,11-12,15-19,21H,5,9-10,13-14,20H2,1-4H3,(H,34,36). The smallest absolute Gasteiger partial charge is 0.290 e. The van der Waals surface area contributed by atoms with Gasteiger partial charge in [-0.1, -0.05) is 67.5 Å². The number of nitrogens with zero attached hydrogens (tertiary/aromatic N) is 1. The Bertz CT molecular complexity index is 1440. The second kappa shape index (κ2) is 11.3. The summed E-state index contributed by atoms with van der Waals surface area (Å²) in [7, 11) is 0. The van der Waals surface area contributed by atoms with E-state index in [9.17, 15) is 4.79 Å². The molecule has 0 saturated heterocycles. The summed E-state index contributed by atoms with van der Waals surface area (Å²) in [5.41, 5.74) is 9.32. The molecule has 0 radical (unpaired) electrons. The van der Waals surface area contributed by atoms with Crippen molar-refractivity contribution in [1.82, 2.24) is 10.5 Å². The quantitative estimate of drug-likeness (QED) is 0.265. The molecule has 1 aliphatic rings. The van der Waals surface area contributed by atoms with E-state index in [-0.39, 0.29) is 11.7 Å². The zero-order chi connectivity index (χ0) is 26.6. The van der Waals surface area contributed by atoms with Gasteiger partial charge in [-0.2, -0.15) is 0 Å². The molecule has 0 unspecified atom stereocenters. The van der Waals surface area contributed by atoms with Gasteiger partial charge in [0.2, 0.25) is 5.76 Å². The Kier molecular flexibility index (Phi) is 7.64. The fourth-order valence-corrected chi connectivity index (χ4v) is 5.39. The predicted octanol–water partition coefficient (Wildman–Crippen LogP) is 7.65. The summed E-state index contributed by atoms with van der Waals surface area (Å²) in [5.74, 6) is 1.02. The Morgan fingerprint density at radius 1 is 1.03 bits per heavy atom. The maximum atomic E-state index is 13.1. The highest BCUT2D eigenvalue weighted by atomic mass is 16.5. The number of rotatable bonds is 8. The van der Waals surface area contributed by atoms with Crippen LogP contribution in [0, 0.1) is 6.92 Å². The number of carbonyl (C=O) groups excluding carboxylic acids is 1. The number of ether oxygens (including phenoxy) is 1. The van der Waals surface area contributed by atoms with Gasteiger partial charge < -0.3 is 14.6 Å². The Morgan fingerprint density at radius 3 is 2.53 bits per heavy atom. The van der Waals surface area contributed by atoms with Gasteiger partial charge in [0, 0.05) is 12.1 Å². The molecule has 0 atom stereocenters. The second-order valence-corrected chi connectivity index (χ2v) is 10.4. The van der Waals surface area contributed by atoms with Gasteiger partial charge in [-0.3, -0.25) is 4.79 Å². The molecule has 5 nitrogen and oxygen atoms in total. The summed E-state index contributed by atoms with van der Waals surface area (Å²) in [6.45, 7) is 9.32. The van der Waals surface area contributed by atoms with Gasteiger partial charge in [-0.05, 0) is 91.0 Å². The number of nitrogens with one attached hydrogen (secondary N) is 1. The molecule has 1 heterocycles. The van der Waals surface area contributed by atoms with E-state index in [0.29, 0.717) is 30.3 Å². The Balaban J connectivity index is 1.67. The van der Waals surface area contributed by atoms with E-state index in [2.05, 4.69) is 73.7 Å². The Morgan fingerprint density at radius 2 is 1.79 bits per heavy atom. The van der Waals surface area contributed by atoms with Crippen molar-refractivity contribution in [2.75, 3.05) is 6.54 Å². The van der Waals surface area contributed by atoms with Crippen molar-refractivity contribution in [2.45, 2.75) is 65.9 Å². The van der Waals surface area contributed by atoms with E-state index in [0.717, 1.165) is 40.8 Å². The lowest BCUT2D eigenvalue weighted by molar-refractivity contribution is 0.0920. The fraction of sp³-hybridized carbons (Fsp3) is 0.333. The summed E-state index contributed by atoms with van der Waals surface area (Å²) in [6.07, 6.45) is 4.55. The van der Waals surface area contributed by atoms with Crippen LogP contribution in [0.2, 0.25) is 0 Å². The molecule has 1 N–H and O–H groups in total. The molecular formula is C33H36N2O3. The van der Waals surface area contributed by atoms with Crippen LogP contribution in [0.25, 0.3) is 22.4 Å². The van der Waals surface area contributed by atoms with Crippen molar-refractivity contribution < 1.29 is 14.1 Å². The summed E-state index contributed by atoms with van der Waals surface area (Å²) in [5, 5.41) is 7.40. The van der Waals surface area contributed by atoms with Crippen LogP contribution in [0.1, 0.15) is 77.9 Å². The SMILES string of the molecule is CCNC(=O)c1onc(-c2cc(C(C)C)c(C)cc2OCc2ccccc2)c1-c1ccc2c(c1)CCCC2. The number of amides is 1. The van der Waals surface area contributed by atoms with Crippen LogP contribution in [0.15, 0.2) is 65.2 Å². The molecule has 196 valence electrons. The molecule has 4 aromatic rings. The van der Waals surface area contributed by atoms with Gasteiger partial charge in [0.25, 0.3) is 5.91 Å². The number of carbonyl (C=O) groups is 1.